The Hall–Kier alpha value is -1.85. The molecule has 3 N–H and O–H groups in total. The van der Waals surface area contributed by atoms with Crippen molar-refractivity contribution in [2.75, 3.05) is 0 Å². The third-order valence-electron chi connectivity index (χ3n) is 2.75. The number of hydrogen-bond acceptors (Lipinski definition) is 3. The number of aromatic amines is 1. The average molecular weight is 273 g/mol. The molecule has 0 amide bonds. The first-order chi connectivity index (χ1) is 9.24. The molecule has 3 aromatic rings. The van der Waals surface area contributed by atoms with Crippen molar-refractivity contribution in [2.24, 2.45) is 5.73 Å². The molecule has 0 aliphatic rings. The molecule has 0 aliphatic heterocycles. The number of rotatable bonds is 3. The van der Waals surface area contributed by atoms with Gasteiger partial charge in [0, 0.05) is 11.4 Å². The van der Waals surface area contributed by atoms with E-state index in [1.165, 1.54) is 23.9 Å². The maximum Gasteiger partial charge on any atom is 0.171 e. The molecule has 19 heavy (non-hydrogen) atoms. The third kappa shape index (κ3) is 2.62. The molecule has 0 saturated carbocycles. The Kier molecular flexibility index (Phi) is 3.23. The molecule has 5 heteroatoms. The van der Waals surface area contributed by atoms with Gasteiger partial charge in [-0.1, -0.05) is 23.9 Å². The van der Waals surface area contributed by atoms with Crippen LogP contribution in [0.4, 0.5) is 4.39 Å². The summed E-state index contributed by atoms with van der Waals surface area (Å²) < 4.78 is 13.4. The highest BCUT2D eigenvalue weighted by Crippen LogP contribution is 2.28. The van der Waals surface area contributed by atoms with Crippen LogP contribution in [0.1, 0.15) is 5.56 Å². The number of hydrogen-bond donors (Lipinski definition) is 2. The molecular weight excluding hydrogens is 261 g/mol. The van der Waals surface area contributed by atoms with Gasteiger partial charge in [-0.25, -0.2) is 9.37 Å². The number of para-hydroxylation sites is 2. The van der Waals surface area contributed by atoms with Crippen molar-refractivity contribution in [1.82, 2.24) is 9.97 Å². The van der Waals surface area contributed by atoms with Crippen LogP contribution in [0.3, 0.4) is 0 Å². The van der Waals surface area contributed by atoms with E-state index in [9.17, 15) is 4.39 Å². The molecule has 0 saturated heterocycles. The minimum Gasteiger partial charge on any atom is -0.333 e. The second-order valence-electron chi connectivity index (χ2n) is 4.16. The van der Waals surface area contributed by atoms with Crippen molar-refractivity contribution in [3.8, 4) is 0 Å². The number of aromatic nitrogens is 2. The largest absolute Gasteiger partial charge is 0.333 e. The van der Waals surface area contributed by atoms with Gasteiger partial charge < -0.3 is 10.7 Å². The molecule has 0 radical (unpaired) electrons. The molecular formula is C14H12FN3S. The summed E-state index contributed by atoms with van der Waals surface area (Å²) in [6.45, 7) is 0.325. The van der Waals surface area contributed by atoms with Crippen molar-refractivity contribution in [2.45, 2.75) is 16.6 Å². The Morgan fingerprint density at radius 3 is 2.84 bits per heavy atom. The molecule has 3 rings (SSSR count). The van der Waals surface area contributed by atoms with E-state index in [1.807, 2.05) is 30.3 Å². The maximum atomic E-state index is 13.4. The molecule has 96 valence electrons. The van der Waals surface area contributed by atoms with Gasteiger partial charge in [0.1, 0.15) is 5.82 Å². The lowest BCUT2D eigenvalue weighted by Gasteiger charge is -2.02. The second-order valence-corrected chi connectivity index (χ2v) is 5.22. The van der Waals surface area contributed by atoms with Crippen LogP contribution < -0.4 is 5.73 Å². The number of H-pyrrole nitrogens is 1. The maximum absolute atomic E-state index is 13.4. The highest BCUT2D eigenvalue weighted by molar-refractivity contribution is 7.99. The topological polar surface area (TPSA) is 54.7 Å². The monoisotopic (exact) mass is 273 g/mol. The van der Waals surface area contributed by atoms with Crippen LogP contribution in [0.25, 0.3) is 11.0 Å². The van der Waals surface area contributed by atoms with Crippen LogP contribution in [0.5, 0.6) is 0 Å². The molecule has 0 bridgehead atoms. The summed E-state index contributed by atoms with van der Waals surface area (Å²) in [6, 6.07) is 12.6. The Morgan fingerprint density at radius 2 is 2.05 bits per heavy atom. The highest BCUT2D eigenvalue weighted by Gasteiger charge is 2.06. The SMILES string of the molecule is NCc1cc(F)cc(Sc2nc3ccccc3[nH]2)c1. The summed E-state index contributed by atoms with van der Waals surface area (Å²) in [5.74, 6) is -0.276. The van der Waals surface area contributed by atoms with E-state index < -0.39 is 0 Å². The number of nitrogens with two attached hydrogens (primary N) is 1. The van der Waals surface area contributed by atoms with Crippen LogP contribution in [0.2, 0.25) is 0 Å². The zero-order chi connectivity index (χ0) is 13.2. The third-order valence-corrected chi connectivity index (χ3v) is 3.61. The van der Waals surface area contributed by atoms with Crippen molar-refractivity contribution in [3.05, 3.63) is 53.8 Å². The van der Waals surface area contributed by atoms with Gasteiger partial charge >= 0.3 is 0 Å². The molecule has 2 aromatic carbocycles. The fourth-order valence-electron chi connectivity index (χ4n) is 1.89. The lowest BCUT2D eigenvalue weighted by Crippen LogP contribution is -1.97. The fourth-order valence-corrected chi connectivity index (χ4v) is 2.80. The highest BCUT2D eigenvalue weighted by atomic mass is 32.2. The van der Waals surface area contributed by atoms with E-state index in [0.717, 1.165) is 26.6 Å². The van der Waals surface area contributed by atoms with Crippen LogP contribution in [0, 0.1) is 5.82 Å². The van der Waals surface area contributed by atoms with Crippen molar-refractivity contribution in [3.63, 3.8) is 0 Å². The van der Waals surface area contributed by atoms with Crippen molar-refractivity contribution < 1.29 is 4.39 Å². The summed E-state index contributed by atoms with van der Waals surface area (Å²) in [4.78, 5) is 8.44. The summed E-state index contributed by atoms with van der Waals surface area (Å²) in [7, 11) is 0. The molecule has 3 nitrogen and oxygen atoms in total. The predicted octanol–water partition coefficient (Wildman–Crippen LogP) is 3.31. The number of imidazole rings is 1. The minimum absolute atomic E-state index is 0.276. The lowest BCUT2D eigenvalue weighted by molar-refractivity contribution is 0.621. The Balaban J connectivity index is 1.94. The normalized spacial score (nSPS) is 11.1. The van der Waals surface area contributed by atoms with Gasteiger partial charge in [-0.3, -0.25) is 0 Å². The van der Waals surface area contributed by atoms with Gasteiger partial charge in [0.05, 0.1) is 11.0 Å². The lowest BCUT2D eigenvalue weighted by atomic mass is 10.2. The number of nitrogens with zero attached hydrogens (tertiary/aromatic N) is 1. The molecule has 0 unspecified atom stereocenters. The molecule has 1 heterocycles. The number of fused-ring (bicyclic) bond motifs is 1. The first-order valence-corrected chi connectivity index (χ1v) is 6.68. The van der Waals surface area contributed by atoms with Crippen LogP contribution in [0.15, 0.2) is 52.5 Å². The van der Waals surface area contributed by atoms with Gasteiger partial charge in [-0.2, -0.15) is 0 Å². The average Bonchev–Trinajstić information content (AvgIpc) is 2.80. The van der Waals surface area contributed by atoms with E-state index >= 15 is 0 Å². The molecule has 0 atom stereocenters. The van der Waals surface area contributed by atoms with Crippen LogP contribution >= 0.6 is 11.8 Å². The number of nitrogens with one attached hydrogen (secondary N) is 1. The summed E-state index contributed by atoms with van der Waals surface area (Å²) in [6.07, 6.45) is 0. The van der Waals surface area contributed by atoms with Gasteiger partial charge in [0.15, 0.2) is 5.16 Å². The van der Waals surface area contributed by atoms with E-state index in [0.29, 0.717) is 6.54 Å². The number of halogens is 1. The van der Waals surface area contributed by atoms with Gasteiger partial charge in [0.2, 0.25) is 0 Å². The van der Waals surface area contributed by atoms with E-state index in [1.54, 1.807) is 0 Å². The van der Waals surface area contributed by atoms with Crippen molar-refractivity contribution in [1.29, 1.82) is 0 Å². The molecule has 0 spiro atoms. The van der Waals surface area contributed by atoms with Gasteiger partial charge in [-0.05, 0) is 35.9 Å². The number of benzene rings is 2. The minimum atomic E-state index is -0.276. The molecule has 0 aliphatic carbocycles. The zero-order valence-electron chi connectivity index (χ0n) is 10.1. The molecule has 0 fully saturated rings. The van der Waals surface area contributed by atoms with E-state index in [2.05, 4.69) is 9.97 Å². The fraction of sp³-hybridized carbons (Fsp3) is 0.0714. The smallest absolute Gasteiger partial charge is 0.171 e. The predicted molar refractivity (Wildman–Crippen MR) is 74.5 cm³/mol. The summed E-state index contributed by atoms with van der Waals surface area (Å²) >= 11 is 1.39. The van der Waals surface area contributed by atoms with Gasteiger partial charge in [-0.15, -0.1) is 0 Å². The second kappa shape index (κ2) is 5.03. The Bertz CT molecular complexity index is 691. The van der Waals surface area contributed by atoms with Gasteiger partial charge in [0.25, 0.3) is 0 Å². The first-order valence-electron chi connectivity index (χ1n) is 5.87. The molecule has 1 aromatic heterocycles. The van der Waals surface area contributed by atoms with E-state index in [4.69, 9.17) is 5.73 Å². The Labute approximate surface area is 114 Å². The standard InChI is InChI=1S/C14H12FN3S/c15-10-5-9(8-16)6-11(7-10)19-14-17-12-3-1-2-4-13(12)18-14/h1-7H,8,16H2,(H,17,18). The van der Waals surface area contributed by atoms with Crippen LogP contribution in [-0.4, -0.2) is 9.97 Å². The summed E-state index contributed by atoms with van der Waals surface area (Å²) in [5, 5.41) is 0.745. The quantitative estimate of drug-likeness (QED) is 0.769. The van der Waals surface area contributed by atoms with E-state index in [-0.39, 0.29) is 5.82 Å². The first kappa shape index (κ1) is 12.2. The van der Waals surface area contributed by atoms with Crippen molar-refractivity contribution >= 4 is 22.8 Å². The summed E-state index contributed by atoms with van der Waals surface area (Å²) in [5.41, 5.74) is 8.20. The zero-order valence-corrected chi connectivity index (χ0v) is 10.9. The van der Waals surface area contributed by atoms with Crippen LogP contribution in [-0.2, 0) is 6.54 Å². The Morgan fingerprint density at radius 1 is 1.21 bits per heavy atom.